The fraction of sp³-hybridized carbons (Fsp3) is 0.533. The third-order valence-electron chi connectivity index (χ3n) is 2.43. The summed E-state index contributed by atoms with van der Waals surface area (Å²) in [6.45, 7) is 8.56. The van der Waals surface area contributed by atoms with Gasteiger partial charge in [-0.1, -0.05) is 23.3 Å². The molecule has 0 saturated carbocycles. The van der Waals surface area contributed by atoms with Crippen LogP contribution in [0.1, 0.15) is 53.4 Å². The van der Waals surface area contributed by atoms with Gasteiger partial charge in [0.1, 0.15) is 0 Å². The van der Waals surface area contributed by atoms with Crippen molar-refractivity contribution in [2.45, 2.75) is 53.4 Å². The maximum Gasteiger partial charge on any atom is 0.0371 e. The highest BCUT2D eigenvalue weighted by Crippen LogP contribution is 2.10. The van der Waals surface area contributed by atoms with Gasteiger partial charge in [0.25, 0.3) is 0 Å². The summed E-state index contributed by atoms with van der Waals surface area (Å²) in [4.78, 5) is 0. The molecule has 0 heterocycles. The van der Waals surface area contributed by atoms with E-state index in [0.29, 0.717) is 0 Å². The molecule has 0 bridgehead atoms. The lowest BCUT2D eigenvalue weighted by molar-refractivity contribution is 0.919. The third-order valence-corrected chi connectivity index (χ3v) is 2.43. The molecule has 0 radical (unpaired) electrons. The van der Waals surface area contributed by atoms with E-state index in [9.17, 15) is 0 Å². The predicted molar refractivity (Wildman–Crippen MR) is 73.1 cm³/mol. The van der Waals surface area contributed by atoms with E-state index in [-0.39, 0.29) is 0 Å². The zero-order chi connectivity index (χ0) is 12.4. The molecule has 0 aliphatic rings. The fourth-order valence-corrected chi connectivity index (χ4v) is 1.44. The molecule has 90 valence electrons. The molecule has 0 saturated heterocycles. The van der Waals surface area contributed by atoms with Gasteiger partial charge in [0.05, 0.1) is 0 Å². The number of hydrogen-bond acceptors (Lipinski definition) is 1. The number of allylic oxidation sites excluding steroid dienone is 5. The minimum Gasteiger partial charge on any atom is -0.398 e. The van der Waals surface area contributed by atoms with Gasteiger partial charge in [-0.05, 0) is 59.0 Å². The van der Waals surface area contributed by atoms with Crippen molar-refractivity contribution in [1.29, 1.82) is 0 Å². The summed E-state index contributed by atoms with van der Waals surface area (Å²) in [6, 6.07) is 0. The highest BCUT2D eigenvalue weighted by atomic mass is 14.5. The molecule has 1 nitrogen and oxygen atoms in total. The summed E-state index contributed by atoms with van der Waals surface area (Å²) in [5.74, 6) is 0. The van der Waals surface area contributed by atoms with E-state index in [2.05, 4.69) is 45.6 Å². The van der Waals surface area contributed by atoms with Crippen LogP contribution < -0.4 is 5.73 Å². The van der Waals surface area contributed by atoms with Crippen LogP contribution in [0.25, 0.3) is 0 Å². The molecule has 0 aliphatic carbocycles. The van der Waals surface area contributed by atoms with Gasteiger partial charge in [-0.15, -0.1) is 5.73 Å². The molecule has 0 aliphatic heterocycles. The Morgan fingerprint density at radius 1 is 1.00 bits per heavy atom. The fourth-order valence-electron chi connectivity index (χ4n) is 1.44. The normalized spacial score (nSPS) is 10.6. The average molecular weight is 219 g/mol. The summed E-state index contributed by atoms with van der Waals surface area (Å²) in [5.41, 5.74) is 12.4. The van der Waals surface area contributed by atoms with Gasteiger partial charge >= 0.3 is 0 Å². The van der Waals surface area contributed by atoms with Gasteiger partial charge in [0, 0.05) is 6.20 Å². The second-order valence-electron chi connectivity index (χ2n) is 4.50. The van der Waals surface area contributed by atoms with Crippen molar-refractivity contribution in [3.8, 4) is 0 Å². The zero-order valence-electron chi connectivity index (χ0n) is 11.1. The maximum absolute atomic E-state index is 5.28. The molecule has 0 rings (SSSR count). The average Bonchev–Trinajstić information content (AvgIpc) is 2.17. The second-order valence-corrected chi connectivity index (χ2v) is 4.50. The number of hydrogen-bond donors (Lipinski definition) is 1. The van der Waals surface area contributed by atoms with Gasteiger partial charge in [0.2, 0.25) is 0 Å². The molecule has 0 unspecified atom stereocenters. The molecule has 0 aromatic heterocycles. The van der Waals surface area contributed by atoms with Gasteiger partial charge < -0.3 is 5.73 Å². The largest absolute Gasteiger partial charge is 0.398 e. The van der Waals surface area contributed by atoms with Gasteiger partial charge in [-0.25, -0.2) is 0 Å². The molecule has 0 aromatic carbocycles. The first-order valence-electron chi connectivity index (χ1n) is 5.97. The van der Waals surface area contributed by atoms with Gasteiger partial charge in [-0.2, -0.15) is 0 Å². The van der Waals surface area contributed by atoms with Crippen molar-refractivity contribution < 1.29 is 0 Å². The van der Waals surface area contributed by atoms with Gasteiger partial charge in [-0.3, -0.25) is 0 Å². The molecule has 16 heavy (non-hydrogen) atoms. The summed E-state index contributed by atoms with van der Waals surface area (Å²) in [5, 5.41) is 0. The molecule has 2 N–H and O–H groups in total. The van der Waals surface area contributed by atoms with Crippen LogP contribution in [0, 0.1) is 0 Å². The van der Waals surface area contributed by atoms with Crippen LogP contribution in [-0.4, -0.2) is 0 Å². The van der Waals surface area contributed by atoms with Crippen LogP contribution in [0.2, 0.25) is 0 Å². The van der Waals surface area contributed by atoms with Crippen LogP contribution in [0.3, 0.4) is 0 Å². The Balaban J connectivity index is 3.88. The quantitative estimate of drug-likeness (QED) is 0.517. The van der Waals surface area contributed by atoms with Crippen molar-refractivity contribution in [2.75, 3.05) is 0 Å². The van der Waals surface area contributed by atoms with E-state index in [1.54, 1.807) is 0 Å². The summed E-state index contributed by atoms with van der Waals surface area (Å²) < 4.78 is 0. The number of nitrogens with two attached hydrogens (primary N) is 1. The van der Waals surface area contributed by atoms with E-state index in [1.807, 2.05) is 0 Å². The van der Waals surface area contributed by atoms with Crippen LogP contribution in [0.5, 0.6) is 0 Å². The highest BCUT2D eigenvalue weighted by molar-refractivity contribution is 5.04. The first-order chi connectivity index (χ1) is 7.56. The van der Waals surface area contributed by atoms with E-state index >= 15 is 0 Å². The summed E-state index contributed by atoms with van der Waals surface area (Å²) in [6.07, 6.45) is 10.6. The molecular weight excluding hydrogens is 194 g/mol. The first kappa shape index (κ1) is 14.8. The lowest BCUT2D eigenvalue weighted by Crippen LogP contribution is -1.80. The van der Waals surface area contributed by atoms with E-state index in [1.165, 1.54) is 29.3 Å². The monoisotopic (exact) mass is 219 g/mol. The Bertz CT molecular complexity index is 308. The Morgan fingerprint density at radius 3 is 2.19 bits per heavy atom. The van der Waals surface area contributed by atoms with E-state index < -0.39 is 0 Å². The van der Waals surface area contributed by atoms with Crippen LogP contribution >= 0.6 is 0 Å². The Kier molecular flexibility index (Phi) is 8.38. The van der Waals surface area contributed by atoms with Crippen molar-refractivity contribution in [3.05, 3.63) is 40.8 Å². The minimum atomic E-state index is 1.05. The summed E-state index contributed by atoms with van der Waals surface area (Å²) >= 11 is 0. The van der Waals surface area contributed by atoms with Crippen LogP contribution in [0.4, 0.5) is 0 Å². The molecule has 0 aromatic rings. The SMILES string of the molecule is CC(=C=CN)CCC=C(C)CCC=C(C)C. The lowest BCUT2D eigenvalue weighted by Gasteiger charge is -1.99. The number of rotatable bonds is 6. The standard InChI is InChI=1S/C15H25N/c1-13(2)7-5-8-14(3)9-6-10-15(4)11-12-16/h7,9,12H,5-6,8,10,16H2,1-4H3. The molecule has 1 heteroatoms. The minimum absolute atomic E-state index is 1.05. The van der Waals surface area contributed by atoms with E-state index in [4.69, 9.17) is 5.73 Å². The van der Waals surface area contributed by atoms with Crippen LogP contribution in [-0.2, 0) is 0 Å². The van der Waals surface area contributed by atoms with Crippen LogP contribution in [0.15, 0.2) is 40.8 Å². The highest BCUT2D eigenvalue weighted by Gasteiger charge is 1.90. The van der Waals surface area contributed by atoms with Crippen molar-refractivity contribution in [2.24, 2.45) is 5.73 Å². The van der Waals surface area contributed by atoms with Crippen molar-refractivity contribution in [3.63, 3.8) is 0 Å². The molecule has 0 amide bonds. The van der Waals surface area contributed by atoms with E-state index in [0.717, 1.165) is 19.3 Å². The molecule has 0 fully saturated rings. The van der Waals surface area contributed by atoms with Gasteiger partial charge in [0.15, 0.2) is 0 Å². The summed E-state index contributed by atoms with van der Waals surface area (Å²) in [7, 11) is 0. The Morgan fingerprint density at radius 2 is 1.62 bits per heavy atom. The topological polar surface area (TPSA) is 26.0 Å². The second kappa shape index (κ2) is 9.06. The van der Waals surface area contributed by atoms with Crippen molar-refractivity contribution >= 4 is 0 Å². The lowest BCUT2D eigenvalue weighted by atomic mass is 10.1. The first-order valence-corrected chi connectivity index (χ1v) is 5.97. The molecule has 0 spiro atoms. The van der Waals surface area contributed by atoms with Crippen molar-refractivity contribution in [1.82, 2.24) is 0 Å². The third kappa shape index (κ3) is 9.36. The zero-order valence-corrected chi connectivity index (χ0v) is 11.1. The predicted octanol–water partition coefficient (Wildman–Crippen LogP) is 4.48. The molecular formula is C15H25N. The molecule has 0 atom stereocenters. The Labute approximate surface area is 100 Å². The maximum atomic E-state index is 5.28. The smallest absolute Gasteiger partial charge is 0.0371 e. The Hall–Kier alpha value is -1.20.